The van der Waals surface area contributed by atoms with E-state index in [4.69, 9.17) is 4.42 Å². The predicted molar refractivity (Wildman–Crippen MR) is 62.6 cm³/mol. The molecule has 2 nitrogen and oxygen atoms in total. The van der Waals surface area contributed by atoms with Crippen LogP contribution in [0.3, 0.4) is 0 Å². The first-order valence-corrected chi connectivity index (χ1v) is 5.75. The second-order valence-electron chi connectivity index (χ2n) is 3.31. The van der Waals surface area contributed by atoms with Crippen LogP contribution in [-0.2, 0) is 5.75 Å². The molecular weight excluding hydrogens is 206 g/mol. The number of hydrogen-bond acceptors (Lipinski definition) is 3. The van der Waals surface area contributed by atoms with Crippen LogP contribution in [-0.4, -0.2) is 5.04 Å². The van der Waals surface area contributed by atoms with Gasteiger partial charge in [0.25, 0.3) is 0 Å². The van der Waals surface area contributed by atoms with Crippen molar-refractivity contribution in [2.45, 2.75) is 5.75 Å². The Morgan fingerprint density at radius 3 is 2.93 bits per heavy atom. The fraction of sp³-hybridized carbons (Fsp3) is 0.0833. The summed E-state index contributed by atoms with van der Waals surface area (Å²) in [6, 6.07) is 12.0. The molecule has 1 aromatic heterocycles. The minimum atomic E-state index is 0.856. The lowest BCUT2D eigenvalue weighted by molar-refractivity contribution is 0.559. The summed E-state index contributed by atoms with van der Waals surface area (Å²) in [5.74, 6) is 1.82. The summed E-state index contributed by atoms with van der Waals surface area (Å²) < 4.78 is 5.34. The zero-order valence-electron chi connectivity index (χ0n) is 8.01. The van der Waals surface area contributed by atoms with Crippen molar-refractivity contribution in [3.63, 3.8) is 0 Å². The Hall–Kier alpha value is -1.48. The number of furan rings is 1. The molecule has 3 heteroatoms. The SMILES string of the molecule is c1coc(C2=Nc3ccccc3CS2)c1. The molecule has 2 aromatic rings. The number of hydrogen-bond donors (Lipinski definition) is 0. The third-order valence-electron chi connectivity index (χ3n) is 2.31. The van der Waals surface area contributed by atoms with Gasteiger partial charge in [-0.3, -0.25) is 0 Å². The van der Waals surface area contributed by atoms with Crippen LogP contribution in [0.15, 0.2) is 52.1 Å². The second-order valence-corrected chi connectivity index (χ2v) is 4.28. The van der Waals surface area contributed by atoms with Crippen LogP contribution in [0.2, 0.25) is 0 Å². The first kappa shape index (κ1) is 8.80. The fourth-order valence-corrected chi connectivity index (χ4v) is 2.51. The molecule has 1 aliphatic heterocycles. The van der Waals surface area contributed by atoms with Gasteiger partial charge in [-0.25, -0.2) is 4.99 Å². The highest BCUT2D eigenvalue weighted by Crippen LogP contribution is 2.32. The number of para-hydroxylation sites is 1. The molecule has 0 bridgehead atoms. The van der Waals surface area contributed by atoms with E-state index >= 15 is 0 Å². The van der Waals surface area contributed by atoms with Crippen LogP contribution < -0.4 is 0 Å². The van der Waals surface area contributed by atoms with Gasteiger partial charge in [0, 0.05) is 5.75 Å². The molecule has 15 heavy (non-hydrogen) atoms. The molecule has 0 fully saturated rings. The average Bonchev–Trinajstić information content (AvgIpc) is 2.82. The van der Waals surface area contributed by atoms with Crippen molar-refractivity contribution < 1.29 is 4.42 Å². The van der Waals surface area contributed by atoms with Gasteiger partial charge in [-0.2, -0.15) is 0 Å². The van der Waals surface area contributed by atoms with Gasteiger partial charge in [-0.05, 0) is 23.8 Å². The van der Waals surface area contributed by atoms with Gasteiger partial charge in [-0.1, -0.05) is 30.0 Å². The second kappa shape index (κ2) is 3.59. The summed E-state index contributed by atoms with van der Waals surface area (Å²) in [7, 11) is 0. The molecule has 0 aliphatic carbocycles. The third-order valence-corrected chi connectivity index (χ3v) is 3.33. The van der Waals surface area contributed by atoms with Gasteiger partial charge in [0.15, 0.2) is 5.76 Å². The van der Waals surface area contributed by atoms with E-state index in [0.29, 0.717) is 0 Å². The normalized spacial score (nSPS) is 14.5. The van der Waals surface area contributed by atoms with E-state index in [2.05, 4.69) is 11.1 Å². The van der Waals surface area contributed by atoms with Gasteiger partial charge < -0.3 is 4.42 Å². The van der Waals surface area contributed by atoms with Crippen LogP contribution in [0.5, 0.6) is 0 Å². The maximum Gasteiger partial charge on any atom is 0.158 e. The van der Waals surface area contributed by atoms with E-state index in [1.807, 2.05) is 30.3 Å². The minimum Gasteiger partial charge on any atom is -0.462 e. The van der Waals surface area contributed by atoms with Crippen molar-refractivity contribution in [2.24, 2.45) is 4.99 Å². The van der Waals surface area contributed by atoms with Crippen LogP contribution >= 0.6 is 11.8 Å². The quantitative estimate of drug-likeness (QED) is 0.726. The molecule has 3 rings (SSSR count). The first-order valence-electron chi connectivity index (χ1n) is 4.77. The summed E-state index contributed by atoms with van der Waals surface area (Å²) in [5, 5.41) is 0.971. The molecular formula is C12H9NOS. The maximum absolute atomic E-state index is 5.34. The smallest absolute Gasteiger partial charge is 0.158 e. The lowest BCUT2D eigenvalue weighted by atomic mass is 10.2. The lowest BCUT2D eigenvalue weighted by Gasteiger charge is -2.12. The molecule has 2 heterocycles. The summed E-state index contributed by atoms with van der Waals surface area (Å²) in [6.07, 6.45) is 1.68. The topological polar surface area (TPSA) is 25.5 Å². The van der Waals surface area contributed by atoms with Crippen LogP contribution in [0.4, 0.5) is 5.69 Å². The van der Waals surface area contributed by atoms with E-state index in [1.165, 1.54) is 5.56 Å². The maximum atomic E-state index is 5.34. The zero-order valence-corrected chi connectivity index (χ0v) is 8.83. The molecule has 1 aliphatic rings. The summed E-state index contributed by atoms with van der Waals surface area (Å²) in [4.78, 5) is 4.57. The van der Waals surface area contributed by atoms with Gasteiger partial charge in [0.1, 0.15) is 5.04 Å². The molecule has 0 N–H and O–H groups in total. The number of nitrogens with zero attached hydrogens (tertiary/aromatic N) is 1. The van der Waals surface area contributed by atoms with E-state index < -0.39 is 0 Å². The van der Waals surface area contributed by atoms with Crippen molar-refractivity contribution >= 4 is 22.5 Å². The van der Waals surface area contributed by atoms with Crippen molar-refractivity contribution in [1.82, 2.24) is 0 Å². The van der Waals surface area contributed by atoms with Crippen molar-refractivity contribution in [2.75, 3.05) is 0 Å². The van der Waals surface area contributed by atoms with Gasteiger partial charge in [0.05, 0.1) is 12.0 Å². The lowest BCUT2D eigenvalue weighted by Crippen LogP contribution is -1.99. The highest BCUT2D eigenvalue weighted by atomic mass is 32.2. The van der Waals surface area contributed by atoms with E-state index in [0.717, 1.165) is 22.2 Å². The van der Waals surface area contributed by atoms with E-state index in [1.54, 1.807) is 18.0 Å². The van der Waals surface area contributed by atoms with Gasteiger partial charge >= 0.3 is 0 Å². The Morgan fingerprint density at radius 2 is 2.07 bits per heavy atom. The highest BCUT2D eigenvalue weighted by molar-refractivity contribution is 8.13. The monoisotopic (exact) mass is 215 g/mol. The van der Waals surface area contributed by atoms with Crippen LogP contribution in [0.25, 0.3) is 0 Å². The Bertz CT molecular complexity index is 502. The molecule has 0 saturated heterocycles. The largest absolute Gasteiger partial charge is 0.462 e. The predicted octanol–water partition coefficient (Wildman–Crippen LogP) is 3.60. The van der Waals surface area contributed by atoms with E-state index in [9.17, 15) is 0 Å². The average molecular weight is 215 g/mol. The van der Waals surface area contributed by atoms with Crippen LogP contribution in [0.1, 0.15) is 11.3 Å². The standard InChI is InChI=1S/C12H9NOS/c1-2-5-10-9(4-1)8-15-12(13-10)11-6-3-7-14-11/h1-7H,8H2. The van der Waals surface area contributed by atoms with Crippen molar-refractivity contribution in [3.8, 4) is 0 Å². The molecule has 0 unspecified atom stereocenters. The first-order chi connectivity index (χ1) is 7.43. The molecule has 0 atom stereocenters. The number of fused-ring (bicyclic) bond motifs is 1. The van der Waals surface area contributed by atoms with Crippen molar-refractivity contribution in [1.29, 1.82) is 0 Å². The molecule has 1 aromatic carbocycles. The van der Waals surface area contributed by atoms with Crippen LogP contribution in [0, 0.1) is 0 Å². The fourth-order valence-electron chi connectivity index (χ4n) is 1.56. The highest BCUT2D eigenvalue weighted by Gasteiger charge is 2.14. The molecule has 0 radical (unpaired) electrons. The number of benzene rings is 1. The number of aliphatic imine (C=N–C) groups is 1. The third kappa shape index (κ3) is 1.59. The summed E-state index contributed by atoms with van der Waals surface area (Å²) >= 11 is 1.72. The van der Waals surface area contributed by atoms with Crippen molar-refractivity contribution in [3.05, 3.63) is 54.0 Å². The molecule has 0 spiro atoms. The Kier molecular flexibility index (Phi) is 2.10. The summed E-state index contributed by atoms with van der Waals surface area (Å²) in [6.45, 7) is 0. The zero-order chi connectivity index (χ0) is 10.1. The Morgan fingerprint density at radius 1 is 1.13 bits per heavy atom. The Balaban J connectivity index is 2.06. The minimum absolute atomic E-state index is 0.856. The molecule has 0 amide bonds. The molecule has 74 valence electrons. The number of thioether (sulfide) groups is 1. The van der Waals surface area contributed by atoms with Gasteiger partial charge in [0.2, 0.25) is 0 Å². The van der Waals surface area contributed by atoms with Gasteiger partial charge in [-0.15, -0.1) is 0 Å². The number of rotatable bonds is 1. The summed E-state index contributed by atoms with van der Waals surface area (Å²) in [5.41, 5.74) is 2.35. The van der Waals surface area contributed by atoms with E-state index in [-0.39, 0.29) is 0 Å². The Labute approximate surface area is 92.0 Å². The molecule has 0 saturated carbocycles.